The van der Waals surface area contributed by atoms with Gasteiger partial charge in [-0.2, -0.15) is 0 Å². The van der Waals surface area contributed by atoms with E-state index < -0.39 is 0 Å². The van der Waals surface area contributed by atoms with E-state index in [-0.39, 0.29) is 11.8 Å². The first-order valence-electron chi connectivity index (χ1n) is 9.92. The Kier molecular flexibility index (Phi) is 9.01. The third-order valence-corrected chi connectivity index (χ3v) is 4.87. The van der Waals surface area contributed by atoms with Crippen LogP contribution in [0.2, 0.25) is 0 Å². The van der Waals surface area contributed by atoms with Crippen LogP contribution in [0.3, 0.4) is 0 Å². The number of hydrogen-bond acceptors (Lipinski definition) is 3. The highest BCUT2D eigenvalue weighted by Gasteiger charge is 2.14. The van der Waals surface area contributed by atoms with Crippen molar-refractivity contribution in [2.45, 2.75) is 58.3 Å². The van der Waals surface area contributed by atoms with Crippen molar-refractivity contribution < 1.29 is 14.3 Å². The lowest BCUT2D eigenvalue weighted by Crippen LogP contribution is -2.35. The maximum absolute atomic E-state index is 11.9. The zero-order chi connectivity index (χ0) is 18.6. The SMILES string of the molecule is CCOc1ccc(CC(=O)NCCNC(=O)CCC2CCCCC2)cc1. The molecule has 2 N–H and O–H groups in total. The van der Waals surface area contributed by atoms with Crippen LogP contribution < -0.4 is 15.4 Å². The Morgan fingerprint density at radius 2 is 1.65 bits per heavy atom. The number of nitrogens with one attached hydrogen (secondary N) is 2. The molecule has 0 unspecified atom stereocenters. The molecule has 1 saturated carbocycles. The molecule has 1 aliphatic carbocycles. The van der Waals surface area contributed by atoms with Gasteiger partial charge >= 0.3 is 0 Å². The summed E-state index contributed by atoms with van der Waals surface area (Å²) in [6, 6.07) is 7.55. The van der Waals surface area contributed by atoms with E-state index in [0.717, 1.165) is 23.7 Å². The highest BCUT2D eigenvalue weighted by molar-refractivity contribution is 5.79. The minimum atomic E-state index is -0.0365. The van der Waals surface area contributed by atoms with Gasteiger partial charge in [-0.05, 0) is 37.0 Å². The van der Waals surface area contributed by atoms with Crippen molar-refractivity contribution in [2.24, 2.45) is 5.92 Å². The van der Waals surface area contributed by atoms with Crippen LogP contribution in [0.4, 0.5) is 0 Å². The summed E-state index contributed by atoms with van der Waals surface area (Å²) < 4.78 is 5.39. The largest absolute Gasteiger partial charge is 0.494 e. The van der Waals surface area contributed by atoms with Crippen LogP contribution in [-0.2, 0) is 16.0 Å². The molecule has 0 bridgehead atoms. The Bertz CT molecular complexity index is 551. The molecule has 144 valence electrons. The average Bonchev–Trinajstić information content (AvgIpc) is 2.66. The van der Waals surface area contributed by atoms with Gasteiger partial charge in [-0.25, -0.2) is 0 Å². The summed E-state index contributed by atoms with van der Waals surface area (Å²) in [5.74, 6) is 1.60. The highest BCUT2D eigenvalue weighted by Crippen LogP contribution is 2.27. The number of benzene rings is 1. The molecular weight excluding hydrogens is 328 g/mol. The molecule has 0 radical (unpaired) electrons. The first-order valence-corrected chi connectivity index (χ1v) is 9.92. The van der Waals surface area contributed by atoms with E-state index in [9.17, 15) is 9.59 Å². The lowest BCUT2D eigenvalue weighted by Gasteiger charge is -2.20. The second kappa shape index (κ2) is 11.6. The summed E-state index contributed by atoms with van der Waals surface area (Å²) in [5.41, 5.74) is 0.947. The van der Waals surface area contributed by atoms with Crippen LogP contribution in [0.15, 0.2) is 24.3 Å². The zero-order valence-corrected chi connectivity index (χ0v) is 15.9. The molecule has 1 fully saturated rings. The Morgan fingerprint density at radius 3 is 2.31 bits per heavy atom. The fourth-order valence-corrected chi connectivity index (χ4v) is 3.42. The van der Waals surface area contributed by atoms with Gasteiger partial charge in [0, 0.05) is 19.5 Å². The molecule has 1 aromatic carbocycles. The minimum absolute atomic E-state index is 0.0365. The maximum atomic E-state index is 11.9. The number of amides is 2. The minimum Gasteiger partial charge on any atom is -0.494 e. The number of rotatable bonds is 10. The van der Waals surface area contributed by atoms with Gasteiger partial charge in [0.2, 0.25) is 11.8 Å². The van der Waals surface area contributed by atoms with Crippen molar-refractivity contribution in [1.82, 2.24) is 10.6 Å². The third kappa shape index (κ3) is 7.89. The van der Waals surface area contributed by atoms with Gasteiger partial charge in [0.15, 0.2) is 0 Å². The Hall–Kier alpha value is -2.04. The average molecular weight is 360 g/mol. The smallest absolute Gasteiger partial charge is 0.224 e. The molecule has 0 atom stereocenters. The molecule has 0 aliphatic heterocycles. The summed E-state index contributed by atoms with van der Waals surface area (Å²) in [4.78, 5) is 23.8. The summed E-state index contributed by atoms with van der Waals surface area (Å²) in [6.45, 7) is 3.52. The second-order valence-corrected chi connectivity index (χ2v) is 7.00. The van der Waals surface area contributed by atoms with Crippen molar-refractivity contribution in [2.75, 3.05) is 19.7 Å². The number of ether oxygens (including phenoxy) is 1. The Balaban J connectivity index is 1.54. The van der Waals surface area contributed by atoms with E-state index in [1.54, 1.807) is 0 Å². The monoisotopic (exact) mass is 360 g/mol. The maximum Gasteiger partial charge on any atom is 0.224 e. The molecule has 2 rings (SSSR count). The van der Waals surface area contributed by atoms with Crippen molar-refractivity contribution in [3.8, 4) is 5.75 Å². The van der Waals surface area contributed by atoms with Crippen LogP contribution in [0.1, 0.15) is 57.4 Å². The Morgan fingerprint density at radius 1 is 1.00 bits per heavy atom. The van der Waals surface area contributed by atoms with Crippen molar-refractivity contribution in [3.63, 3.8) is 0 Å². The van der Waals surface area contributed by atoms with E-state index >= 15 is 0 Å². The molecule has 1 aromatic rings. The summed E-state index contributed by atoms with van der Waals surface area (Å²) in [7, 11) is 0. The fraction of sp³-hybridized carbons (Fsp3) is 0.619. The molecule has 2 amide bonds. The number of hydrogen-bond donors (Lipinski definition) is 2. The standard InChI is InChI=1S/C21H32N2O3/c1-2-26-19-11-8-18(9-12-19)16-21(25)23-15-14-22-20(24)13-10-17-6-4-3-5-7-17/h8-9,11-12,17H,2-7,10,13-16H2,1H3,(H,22,24)(H,23,25). The van der Waals surface area contributed by atoms with Gasteiger partial charge in [-0.1, -0.05) is 44.2 Å². The first kappa shape index (κ1) is 20.3. The van der Waals surface area contributed by atoms with Gasteiger partial charge in [0.1, 0.15) is 5.75 Å². The molecule has 1 aliphatic rings. The third-order valence-electron chi connectivity index (χ3n) is 4.87. The van der Waals surface area contributed by atoms with Gasteiger partial charge in [-0.3, -0.25) is 9.59 Å². The number of carbonyl (C=O) groups is 2. The van der Waals surface area contributed by atoms with E-state index in [4.69, 9.17) is 4.74 Å². The normalized spacial score (nSPS) is 14.7. The summed E-state index contributed by atoms with van der Waals surface area (Å²) >= 11 is 0. The molecule has 26 heavy (non-hydrogen) atoms. The fourth-order valence-electron chi connectivity index (χ4n) is 3.42. The zero-order valence-electron chi connectivity index (χ0n) is 15.9. The lowest BCUT2D eigenvalue weighted by atomic mass is 9.86. The van der Waals surface area contributed by atoms with Crippen LogP contribution in [0, 0.1) is 5.92 Å². The number of carbonyl (C=O) groups excluding carboxylic acids is 2. The topological polar surface area (TPSA) is 67.4 Å². The molecule has 5 nitrogen and oxygen atoms in total. The van der Waals surface area contributed by atoms with Crippen LogP contribution in [-0.4, -0.2) is 31.5 Å². The van der Waals surface area contributed by atoms with Crippen molar-refractivity contribution >= 4 is 11.8 Å². The Labute approximate surface area is 156 Å². The molecule has 5 heteroatoms. The van der Waals surface area contributed by atoms with Crippen LogP contribution in [0.25, 0.3) is 0 Å². The van der Waals surface area contributed by atoms with Gasteiger partial charge in [-0.15, -0.1) is 0 Å². The lowest BCUT2D eigenvalue weighted by molar-refractivity contribution is -0.122. The molecule has 0 saturated heterocycles. The van der Waals surface area contributed by atoms with Gasteiger partial charge < -0.3 is 15.4 Å². The van der Waals surface area contributed by atoms with Crippen molar-refractivity contribution in [1.29, 1.82) is 0 Å². The first-order chi connectivity index (χ1) is 12.7. The predicted molar refractivity (Wildman–Crippen MR) is 103 cm³/mol. The van der Waals surface area contributed by atoms with Gasteiger partial charge in [0.05, 0.1) is 13.0 Å². The molecular formula is C21H32N2O3. The summed E-state index contributed by atoms with van der Waals surface area (Å²) in [6.07, 6.45) is 8.45. The van der Waals surface area contributed by atoms with E-state index in [1.165, 1.54) is 32.1 Å². The highest BCUT2D eigenvalue weighted by atomic mass is 16.5. The predicted octanol–water partition coefficient (Wildman–Crippen LogP) is 3.22. The van der Waals surface area contributed by atoms with E-state index in [1.807, 2.05) is 31.2 Å². The molecule has 0 spiro atoms. The summed E-state index contributed by atoms with van der Waals surface area (Å²) in [5, 5.41) is 5.74. The molecule has 0 aromatic heterocycles. The van der Waals surface area contributed by atoms with Crippen LogP contribution >= 0.6 is 0 Å². The quantitative estimate of drug-likeness (QED) is 0.630. The van der Waals surface area contributed by atoms with E-state index in [2.05, 4.69) is 10.6 Å². The molecule has 0 heterocycles. The van der Waals surface area contributed by atoms with E-state index in [0.29, 0.717) is 32.5 Å². The van der Waals surface area contributed by atoms with Crippen LogP contribution in [0.5, 0.6) is 5.75 Å². The second-order valence-electron chi connectivity index (χ2n) is 7.00. The van der Waals surface area contributed by atoms with Gasteiger partial charge in [0.25, 0.3) is 0 Å². The van der Waals surface area contributed by atoms with Crippen molar-refractivity contribution in [3.05, 3.63) is 29.8 Å².